The third-order valence-electron chi connectivity index (χ3n) is 8.88. The molecular formula is C45H29N3O. The number of aromatic nitrogens is 3. The smallest absolute Gasteiger partial charge is 0.180 e. The standard InChI is InChI=1S/C45H29N3O/c1-4-14-30(15-5-1)37-28-39(31-16-6-2-7-17-31)46-40(29-37)35-22-12-20-33(26-35)34-21-13-23-36(27-34)42-44-43(38-24-10-11-25-41(38)49-44)48-45(47-42)32-18-8-3-9-19-32/h1-29H. The largest absolute Gasteiger partial charge is 0.452 e. The third kappa shape index (κ3) is 5.45. The fourth-order valence-electron chi connectivity index (χ4n) is 6.44. The summed E-state index contributed by atoms with van der Waals surface area (Å²) in [6.45, 7) is 0. The molecule has 0 spiro atoms. The molecule has 0 unspecified atom stereocenters. The van der Waals surface area contributed by atoms with E-state index in [1.54, 1.807) is 0 Å². The summed E-state index contributed by atoms with van der Waals surface area (Å²) in [6, 6.07) is 60.4. The topological polar surface area (TPSA) is 51.8 Å². The average Bonchev–Trinajstić information content (AvgIpc) is 3.57. The fraction of sp³-hybridized carbons (Fsp3) is 0. The number of para-hydroxylation sites is 1. The van der Waals surface area contributed by atoms with Crippen molar-refractivity contribution in [1.29, 1.82) is 0 Å². The van der Waals surface area contributed by atoms with Gasteiger partial charge in [-0.2, -0.15) is 0 Å². The Morgan fingerprint density at radius 2 is 0.878 bits per heavy atom. The van der Waals surface area contributed by atoms with Crippen LogP contribution in [0.15, 0.2) is 180 Å². The Bertz CT molecular complexity index is 2540. The highest BCUT2D eigenvalue weighted by molar-refractivity contribution is 6.07. The Morgan fingerprint density at radius 3 is 1.59 bits per heavy atom. The minimum atomic E-state index is 0.667. The highest BCUT2D eigenvalue weighted by Gasteiger charge is 2.18. The highest BCUT2D eigenvalue weighted by atomic mass is 16.3. The van der Waals surface area contributed by atoms with E-state index in [9.17, 15) is 0 Å². The molecule has 9 aromatic rings. The van der Waals surface area contributed by atoms with Gasteiger partial charge in [-0.05, 0) is 58.7 Å². The van der Waals surface area contributed by atoms with Gasteiger partial charge in [0.15, 0.2) is 11.4 Å². The monoisotopic (exact) mass is 627 g/mol. The summed E-state index contributed by atoms with van der Waals surface area (Å²) in [5.41, 5.74) is 13.4. The van der Waals surface area contributed by atoms with Gasteiger partial charge in [0.25, 0.3) is 0 Å². The quantitative estimate of drug-likeness (QED) is 0.184. The molecule has 0 aliphatic heterocycles. The van der Waals surface area contributed by atoms with Crippen molar-refractivity contribution in [1.82, 2.24) is 15.0 Å². The Balaban J connectivity index is 1.17. The summed E-state index contributed by atoms with van der Waals surface area (Å²) in [7, 11) is 0. The van der Waals surface area contributed by atoms with Gasteiger partial charge in [0.2, 0.25) is 0 Å². The third-order valence-corrected chi connectivity index (χ3v) is 8.88. The van der Waals surface area contributed by atoms with Crippen LogP contribution in [-0.4, -0.2) is 15.0 Å². The second-order valence-electron chi connectivity index (χ2n) is 12.1. The molecule has 3 aromatic heterocycles. The van der Waals surface area contributed by atoms with Crippen LogP contribution < -0.4 is 0 Å². The van der Waals surface area contributed by atoms with Crippen LogP contribution in [0.3, 0.4) is 0 Å². The summed E-state index contributed by atoms with van der Waals surface area (Å²) in [6.07, 6.45) is 0. The van der Waals surface area contributed by atoms with Crippen LogP contribution in [0.5, 0.6) is 0 Å². The Labute approximate surface area is 284 Å². The molecule has 0 aliphatic carbocycles. The van der Waals surface area contributed by atoms with Crippen molar-refractivity contribution in [3.8, 4) is 67.4 Å². The molecule has 0 bridgehead atoms. The highest BCUT2D eigenvalue weighted by Crippen LogP contribution is 2.37. The first-order chi connectivity index (χ1) is 24.3. The van der Waals surface area contributed by atoms with Crippen molar-refractivity contribution < 1.29 is 4.42 Å². The number of hydrogen-bond acceptors (Lipinski definition) is 4. The number of hydrogen-bond donors (Lipinski definition) is 0. The van der Waals surface area contributed by atoms with Crippen molar-refractivity contribution in [3.05, 3.63) is 176 Å². The zero-order chi connectivity index (χ0) is 32.6. The lowest BCUT2D eigenvalue weighted by Crippen LogP contribution is -1.94. The first-order valence-electron chi connectivity index (χ1n) is 16.4. The van der Waals surface area contributed by atoms with Crippen LogP contribution in [0.25, 0.3) is 89.5 Å². The summed E-state index contributed by atoms with van der Waals surface area (Å²) in [5, 5.41) is 0.974. The van der Waals surface area contributed by atoms with Gasteiger partial charge in [0, 0.05) is 27.6 Å². The first-order valence-corrected chi connectivity index (χ1v) is 16.4. The Morgan fingerprint density at radius 1 is 0.347 bits per heavy atom. The zero-order valence-electron chi connectivity index (χ0n) is 26.5. The van der Waals surface area contributed by atoms with Gasteiger partial charge >= 0.3 is 0 Å². The predicted octanol–water partition coefficient (Wildman–Crippen LogP) is 11.8. The van der Waals surface area contributed by atoms with E-state index >= 15 is 0 Å². The second kappa shape index (κ2) is 12.2. The summed E-state index contributed by atoms with van der Waals surface area (Å²) < 4.78 is 6.41. The van der Waals surface area contributed by atoms with Crippen molar-refractivity contribution in [2.75, 3.05) is 0 Å². The second-order valence-corrected chi connectivity index (χ2v) is 12.1. The maximum absolute atomic E-state index is 6.41. The van der Waals surface area contributed by atoms with Crippen LogP contribution in [0, 0.1) is 0 Å². The summed E-state index contributed by atoms with van der Waals surface area (Å²) >= 11 is 0. The minimum Gasteiger partial charge on any atom is -0.452 e. The lowest BCUT2D eigenvalue weighted by molar-refractivity contribution is 0.667. The number of benzene rings is 6. The zero-order valence-corrected chi connectivity index (χ0v) is 26.5. The maximum atomic E-state index is 6.41. The molecule has 0 amide bonds. The van der Waals surface area contributed by atoms with Crippen LogP contribution in [-0.2, 0) is 0 Å². The van der Waals surface area contributed by atoms with E-state index < -0.39 is 0 Å². The van der Waals surface area contributed by atoms with E-state index in [2.05, 4.69) is 115 Å². The average molecular weight is 628 g/mol. The Hall–Kier alpha value is -6.65. The fourth-order valence-corrected chi connectivity index (χ4v) is 6.44. The molecule has 4 heteroatoms. The summed E-state index contributed by atoms with van der Waals surface area (Å²) in [5.74, 6) is 0.667. The summed E-state index contributed by atoms with van der Waals surface area (Å²) in [4.78, 5) is 15.3. The van der Waals surface area contributed by atoms with Crippen molar-refractivity contribution in [2.24, 2.45) is 0 Å². The molecule has 0 radical (unpaired) electrons. The lowest BCUT2D eigenvalue weighted by atomic mass is 9.96. The van der Waals surface area contributed by atoms with Crippen molar-refractivity contribution in [2.45, 2.75) is 0 Å². The number of fused-ring (bicyclic) bond motifs is 3. The maximum Gasteiger partial charge on any atom is 0.180 e. The molecular weight excluding hydrogens is 599 g/mol. The first kappa shape index (κ1) is 28.6. The minimum absolute atomic E-state index is 0.667. The molecule has 0 N–H and O–H groups in total. The number of furan rings is 1. The van der Waals surface area contributed by atoms with Gasteiger partial charge in [0.05, 0.1) is 11.4 Å². The number of pyridine rings is 1. The van der Waals surface area contributed by atoms with Crippen LogP contribution in [0.4, 0.5) is 0 Å². The Kier molecular flexibility index (Phi) is 7.10. The molecule has 6 aromatic carbocycles. The van der Waals surface area contributed by atoms with Crippen LogP contribution in [0.2, 0.25) is 0 Å². The normalized spacial score (nSPS) is 11.3. The molecule has 9 rings (SSSR count). The van der Waals surface area contributed by atoms with Gasteiger partial charge < -0.3 is 4.42 Å². The van der Waals surface area contributed by atoms with E-state index in [0.29, 0.717) is 11.4 Å². The van der Waals surface area contributed by atoms with E-state index in [4.69, 9.17) is 19.4 Å². The number of nitrogens with zero attached hydrogens (tertiary/aromatic N) is 3. The van der Waals surface area contributed by atoms with E-state index in [0.717, 1.165) is 78.1 Å². The molecule has 0 saturated carbocycles. The molecule has 0 saturated heterocycles. The van der Waals surface area contributed by atoms with Crippen molar-refractivity contribution >= 4 is 22.1 Å². The number of rotatable bonds is 6. The van der Waals surface area contributed by atoms with Gasteiger partial charge in [-0.1, -0.05) is 140 Å². The molecule has 0 aliphatic rings. The SMILES string of the molecule is c1ccc(-c2cc(-c3ccccc3)nc(-c3cccc(-c4cccc(-c5nc(-c6ccccc6)nc6c5oc5ccccc56)c4)c3)c2)cc1. The van der Waals surface area contributed by atoms with Crippen molar-refractivity contribution in [3.63, 3.8) is 0 Å². The van der Waals surface area contributed by atoms with E-state index in [1.807, 2.05) is 60.7 Å². The molecule has 3 heterocycles. The van der Waals surface area contributed by atoms with E-state index in [1.165, 1.54) is 0 Å². The molecule has 0 fully saturated rings. The van der Waals surface area contributed by atoms with Gasteiger partial charge in [-0.25, -0.2) is 15.0 Å². The van der Waals surface area contributed by atoms with Gasteiger partial charge in [0.1, 0.15) is 16.8 Å². The van der Waals surface area contributed by atoms with Gasteiger partial charge in [-0.3, -0.25) is 0 Å². The lowest BCUT2D eigenvalue weighted by Gasteiger charge is -2.12. The molecule has 0 atom stereocenters. The molecule has 49 heavy (non-hydrogen) atoms. The molecule has 4 nitrogen and oxygen atoms in total. The van der Waals surface area contributed by atoms with Crippen LogP contribution >= 0.6 is 0 Å². The van der Waals surface area contributed by atoms with E-state index in [-0.39, 0.29) is 0 Å². The van der Waals surface area contributed by atoms with Gasteiger partial charge in [-0.15, -0.1) is 0 Å². The predicted molar refractivity (Wildman–Crippen MR) is 200 cm³/mol. The molecule has 230 valence electrons. The van der Waals surface area contributed by atoms with Crippen LogP contribution in [0.1, 0.15) is 0 Å².